The monoisotopic (exact) mass is 245 g/mol. The zero-order valence-corrected chi connectivity index (χ0v) is 10.4. The molecule has 0 saturated heterocycles. The third-order valence-electron chi connectivity index (χ3n) is 1.36. The van der Waals surface area contributed by atoms with Crippen molar-refractivity contribution in [2.24, 2.45) is 5.11 Å². The minimum absolute atomic E-state index is 0.302. The highest BCUT2D eigenvalue weighted by atomic mass is 16.6. The summed E-state index contributed by atoms with van der Waals surface area (Å²) in [5, 5.41) is 3.30. The molecular weight excluding hydrogens is 226 g/mol. The number of nitrogens with zero attached hydrogens (tertiary/aromatic N) is 3. The molecule has 0 fully saturated rings. The molecular formula is C9H19N5O3. The van der Waals surface area contributed by atoms with Crippen LogP contribution in [0.5, 0.6) is 0 Å². The maximum absolute atomic E-state index is 11.1. The maximum atomic E-state index is 11.1. The average molecular weight is 245 g/mol. The smallest absolute Gasteiger partial charge is 0.422 e. The first kappa shape index (κ1) is 15.5. The summed E-state index contributed by atoms with van der Waals surface area (Å²) in [4.78, 5) is 13.7. The van der Waals surface area contributed by atoms with Crippen LogP contribution in [-0.4, -0.2) is 38.0 Å². The second-order valence-electron chi connectivity index (χ2n) is 4.12. The van der Waals surface area contributed by atoms with Crippen molar-refractivity contribution < 1.29 is 14.3 Å². The molecule has 0 saturated carbocycles. The van der Waals surface area contributed by atoms with Crippen LogP contribution in [0.15, 0.2) is 5.11 Å². The Morgan fingerprint density at radius 2 is 2.12 bits per heavy atom. The summed E-state index contributed by atoms with van der Waals surface area (Å²) in [7, 11) is 0. The fraction of sp³-hybridized carbons (Fsp3) is 0.889. The number of hydrogen-bond donors (Lipinski definition) is 2. The van der Waals surface area contributed by atoms with Gasteiger partial charge in [0.25, 0.3) is 0 Å². The van der Waals surface area contributed by atoms with Crippen molar-refractivity contribution in [2.45, 2.75) is 26.4 Å². The van der Waals surface area contributed by atoms with E-state index in [1.807, 2.05) is 0 Å². The number of hydrogen-bond acceptors (Lipinski definition) is 5. The minimum Gasteiger partial charge on any atom is -0.443 e. The highest BCUT2D eigenvalue weighted by Crippen LogP contribution is 2.05. The van der Waals surface area contributed by atoms with Crippen molar-refractivity contribution in [1.82, 2.24) is 10.9 Å². The summed E-state index contributed by atoms with van der Waals surface area (Å²) in [6.07, 6.45) is -0.536. The molecule has 8 heteroatoms. The quantitative estimate of drug-likeness (QED) is 0.232. The lowest BCUT2D eigenvalue weighted by atomic mass is 10.2. The van der Waals surface area contributed by atoms with Gasteiger partial charge in [-0.05, 0) is 26.3 Å². The molecule has 0 spiro atoms. The number of carbonyl (C=O) groups excluding carboxylic acids is 1. The molecule has 0 atom stereocenters. The van der Waals surface area contributed by atoms with Crippen LogP contribution in [-0.2, 0) is 9.47 Å². The van der Waals surface area contributed by atoms with Gasteiger partial charge in [0.05, 0.1) is 13.2 Å². The first-order valence-corrected chi connectivity index (χ1v) is 5.26. The molecule has 0 radical (unpaired) electrons. The van der Waals surface area contributed by atoms with Crippen molar-refractivity contribution in [1.29, 1.82) is 0 Å². The van der Waals surface area contributed by atoms with E-state index in [9.17, 15) is 4.79 Å². The summed E-state index contributed by atoms with van der Waals surface area (Å²) in [6, 6.07) is 0. The number of rotatable bonds is 7. The molecule has 17 heavy (non-hydrogen) atoms. The number of azide groups is 1. The second kappa shape index (κ2) is 8.63. The van der Waals surface area contributed by atoms with Crippen LogP contribution in [0.1, 0.15) is 20.8 Å². The fourth-order valence-corrected chi connectivity index (χ4v) is 0.814. The summed E-state index contributed by atoms with van der Waals surface area (Å²) in [6.45, 7) is 6.85. The Morgan fingerprint density at radius 3 is 2.71 bits per heavy atom. The van der Waals surface area contributed by atoms with Crippen LogP contribution < -0.4 is 10.9 Å². The molecule has 0 aliphatic rings. The molecule has 0 aromatic rings. The van der Waals surface area contributed by atoms with Gasteiger partial charge in [0.1, 0.15) is 5.60 Å². The van der Waals surface area contributed by atoms with E-state index in [0.29, 0.717) is 26.3 Å². The first-order valence-electron chi connectivity index (χ1n) is 5.26. The summed E-state index contributed by atoms with van der Waals surface area (Å²) < 4.78 is 10.1. The van der Waals surface area contributed by atoms with Crippen LogP contribution in [0.2, 0.25) is 0 Å². The summed E-state index contributed by atoms with van der Waals surface area (Å²) in [5.74, 6) is 0. The van der Waals surface area contributed by atoms with Gasteiger partial charge >= 0.3 is 6.09 Å². The molecule has 0 unspecified atom stereocenters. The zero-order chi connectivity index (χ0) is 13.1. The van der Waals surface area contributed by atoms with E-state index in [1.165, 1.54) is 0 Å². The molecule has 98 valence electrons. The zero-order valence-electron chi connectivity index (χ0n) is 10.4. The van der Waals surface area contributed by atoms with E-state index in [0.717, 1.165) is 0 Å². The topological polar surface area (TPSA) is 108 Å². The lowest BCUT2D eigenvalue weighted by Gasteiger charge is -2.19. The van der Waals surface area contributed by atoms with E-state index < -0.39 is 11.7 Å². The third-order valence-corrected chi connectivity index (χ3v) is 1.36. The van der Waals surface area contributed by atoms with Gasteiger partial charge in [-0.2, -0.15) is 0 Å². The average Bonchev–Trinajstić information content (AvgIpc) is 2.19. The Morgan fingerprint density at radius 1 is 1.41 bits per heavy atom. The Balaban J connectivity index is 3.34. The molecule has 0 bridgehead atoms. The molecule has 0 aromatic carbocycles. The number of hydrazine groups is 1. The van der Waals surface area contributed by atoms with Crippen LogP contribution >= 0.6 is 0 Å². The predicted octanol–water partition coefficient (Wildman–Crippen LogP) is 1.34. The van der Waals surface area contributed by atoms with E-state index >= 15 is 0 Å². The van der Waals surface area contributed by atoms with Crippen LogP contribution in [0.4, 0.5) is 4.79 Å². The predicted molar refractivity (Wildman–Crippen MR) is 62.2 cm³/mol. The lowest BCUT2D eigenvalue weighted by Crippen LogP contribution is -2.42. The minimum atomic E-state index is -0.536. The maximum Gasteiger partial charge on any atom is 0.422 e. The third kappa shape index (κ3) is 12.4. The highest BCUT2D eigenvalue weighted by molar-refractivity contribution is 5.66. The second-order valence-corrected chi connectivity index (χ2v) is 4.12. The van der Waals surface area contributed by atoms with Gasteiger partial charge in [-0.3, -0.25) is 5.43 Å². The van der Waals surface area contributed by atoms with Crippen molar-refractivity contribution in [3.63, 3.8) is 0 Å². The first-order chi connectivity index (χ1) is 7.95. The van der Waals surface area contributed by atoms with Gasteiger partial charge in [-0.1, -0.05) is 5.11 Å². The number of nitrogens with one attached hydrogen (secondary N) is 2. The largest absolute Gasteiger partial charge is 0.443 e. The SMILES string of the molecule is CC(C)(C)OC(=O)NNCCOCCN=[N+]=[N-]. The van der Waals surface area contributed by atoms with Crippen LogP contribution in [0, 0.1) is 0 Å². The Hall–Kier alpha value is -1.50. The van der Waals surface area contributed by atoms with Gasteiger partial charge < -0.3 is 9.47 Å². The molecule has 2 N–H and O–H groups in total. The van der Waals surface area contributed by atoms with Gasteiger partial charge in [-0.25, -0.2) is 10.2 Å². The van der Waals surface area contributed by atoms with E-state index in [4.69, 9.17) is 15.0 Å². The van der Waals surface area contributed by atoms with Crippen LogP contribution in [0.25, 0.3) is 10.4 Å². The van der Waals surface area contributed by atoms with Crippen molar-refractivity contribution in [3.8, 4) is 0 Å². The van der Waals surface area contributed by atoms with Crippen molar-refractivity contribution in [3.05, 3.63) is 10.4 Å². The molecule has 0 aliphatic heterocycles. The van der Waals surface area contributed by atoms with E-state index in [1.54, 1.807) is 20.8 Å². The molecule has 0 aliphatic carbocycles. The highest BCUT2D eigenvalue weighted by Gasteiger charge is 2.15. The van der Waals surface area contributed by atoms with Gasteiger partial charge in [0.2, 0.25) is 0 Å². The summed E-state index contributed by atoms with van der Waals surface area (Å²) in [5.41, 5.74) is 12.5. The molecule has 1 amide bonds. The van der Waals surface area contributed by atoms with E-state index in [2.05, 4.69) is 20.9 Å². The Kier molecular flexibility index (Phi) is 7.87. The van der Waals surface area contributed by atoms with Crippen molar-refractivity contribution >= 4 is 6.09 Å². The fourth-order valence-electron chi connectivity index (χ4n) is 0.814. The van der Waals surface area contributed by atoms with Gasteiger partial charge in [0.15, 0.2) is 0 Å². The Labute approximate surface area is 100 Å². The molecule has 0 heterocycles. The van der Waals surface area contributed by atoms with Crippen molar-refractivity contribution in [2.75, 3.05) is 26.3 Å². The molecule has 0 rings (SSSR count). The number of ether oxygens (including phenoxy) is 2. The summed E-state index contributed by atoms with van der Waals surface area (Å²) >= 11 is 0. The Bertz CT molecular complexity index is 270. The number of amides is 1. The van der Waals surface area contributed by atoms with Crippen LogP contribution in [0.3, 0.4) is 0 Å². The standard InChI is InChI=1S/C9H19N5O3/c1-9(2,3)17-8(15)13-11-4-6-16-7-5-12-14-10/h11H,4-7H2,1-3H3,(H,13,15). The van der Waals surface area contributed by atoms with E-state index in [-0.39, 0.29) is 0 Å². The normalized spacial score (nSPS) is 10.5. The van der Waals surface area contributed by atoms with Gasteiger partial charge in [0, 0.05) is 18.0 Å². The molecule has 0 aromatic heterocycles. The molecule has 8 nitrogen and oxygen atoms in total. The lowest BCUT2D eigenvalue weighted by molar-refractivity contribution is 0.0488. The van der Waals surface area contributed by atoms with Gasteiger partial charge in [-0.15, -0.1) is 0 Å². The number of carbonyl (C=O) groups is 1.